The zero-order valence-electron chi connectivity index (χ0n) is 13.3. The maximum atomic E-state index is 12.4. The van der Waals surface area contributed by atoms with Crippen LogP contribution in [0.25, 0.3) is 0 Å². The first-order valence-corrected chi connectivity index (χ1v) is 7.88. The number of rotatable bonds is 2. The highest BCUT2D eigenvalue weighted by Crippen LogP contribution is 2.43. The number of carbonyl (C=O) groups is 1. The highest BCUT2D eigenvalue weighted by atomic mass is 35.5. The minimum Gasteiger partial charge on any atom is -0.455 e. The van der Waals surface area contributed by atoms with E-state index in [-0.39, 0.29) is 17.1 Å². The van der Waals surface area contributed by atoms with E-state index in [0.717, 1.165) is 5.56 Å². The summed E-state index contributed by atoms with van der Waals surface area (Å²) in [6.45, 7) is 5.96. The Hall–Kier alpha value is -1.85. The monoisotopic (exact) mass is 334 g/mol. The maximum Gasteiger partial charge on any atom is 0.292 e. The molecule has 0 aliphatic heterocycles. The average Bonchev–Trinajstić information content (AvgIpc) is 2.77. The second-order valence-electron chi connectivity index (χ2n) is 6.77. The number of aromatic nitrogens is 1. The van der Waals surface area contributed by atoms with Gasteiger partial charge in [-0.1, -0.05) is 25.4 Å². The van der Waals surface area contributed by atoms with Gasteiger partial charge in [-0.3, -0.25) is 4.79 Å². The Morgan fingerprint density at radius 1 is 1.48 bits per heavy atom. The molecule has 0 bridgehead atoms. The van der Waals surface area contributed by atoms with Crippen LogP contribution in [0.3, 0.4) is 0 Å². The molecule has 0 radical (unpaired) electrons. The lowest BCUT2D eigenvalue weighted by atomic mass is 9.75. The van der Waals surface area contributed by atoms with Gasteiger partial charge in [0.25, 0.3) is 5.91 Å². The molecular formula is C17H19ClN2O3. The van der Waals surface area contributed by atoms with Crippen LogP contribution in [0, 0.1) is 12.3 Å². The van der Waals surface area contributed by atoms with Gasteiger partial charge < -0.3 is 14.8 Å². The summed E-state index contributed by atoms with van der Waals surface area (Å²) in [5.41, 5.74) is 1.38. The molecule has 2 aromatic rings. The van der Waals surface area contributed by atoms with Crippen molar-refractivity contribution in [1.29, 1.82) is 0 Å². The molecule has 0 aromatic carbocycles. The standard InChI is InChI=1S/C17H19ClN2O3/c1-9-14-11(21)6-17(2,3)7-12(14)23-15(9)16(22)20-13-5-4-10(18)8-19-13/h4-5,8,11,21H,6-7H2,1-3H3,(H,19,20,22). The number of pyridine rings is 1. The minimum atomic E-state index is -0.604. The first-order valence-electron chi connectivity index (χ1n) is 7.50. The molecule has 3 rings (SSSR count). The lowest BCUT2D eigenvalue weighted by Crippen LogP contribution is -2.24. The van der Waals surface area contributed by atoms with E-state index in [1.54, 1.807) is 19.1 Å². The molecule has 2 N–H and O–H groups in total. The summed E-state index contributed by atoms with van der Waals surface area (Å²) in [7, 11) is 0. The van der Waals surface area contributed by atoms with E-state index in [9.17, 15) is 9.90 Å². The fourth-order valence-electron chi connectivity index (χ4n) is 3.13. The van der Waals surface area contributed by atoms with Crippen molar-refractivity contribution in [2.24, 2.45) is 5.41 Å². The number of furan rings is 1. The Morgan fingerprint density at radius 2 is 2.22 bits per heavy atom. The molecule has 0 saturated heterocycles. The van der Waals surface area contributed by atoms with Crippen LogP contribution in [0.15, 0.2) is 22.7 Å². The van der Waals surface area contributed by atoms with Crippen LogP contribution in [0.5, 0.6) is 0 Å². The summed E-state index contributed by atoms with van der Waals surface area (Å²) < 4.78 is 5.77. The summed E-state index contributed by atoms with van der Waals surface area (Å²) in [4.78, 5) is 16.5. The molecular weight excluding hydrogens is 316 g/mol. The smallest absolute Gasteiger partial charge is 0.292 e. The van der Waals surface area contributed by atoms with Gasteiger partial charge in [0.15, 0.2) is 5.76 Å². The van der Waals surface area contributed by atoms with Gasteiger partial charge >= 0.3 is 0 Å². The van der Waals surface area contributed by atoms with Gasteiger partial charge in [0, 0.05) is 23.7 Å². The van der Waals surface area contributed by atoms with Crippen molar-refractivity contribution in [1.82, 2.24) is 4.98 Å². The Bertz CT molecular complexity index is 750. The minimum absolute atomic E-state index is 0.0534. The Balaban J connectivity index is 1.89. The lowest BCUT2D eigenvalue weighted by molar-refractivity contribution is 0.0910. The van der Waals surface area contributed by atoms with Crippen molar-refractivity contribution >= 4 is 23.3 Å². The number of halogens is 1. The fourth-order valence-corrected chi connectivity index (χ4v) is 3.24. The Kier molecular flexibility index (Phi) is 3.94. The van der Waals surface area contributed by atoms with Crippen molar-refractivity contribution in [2.75, 3.05) is 5.32 Å². The van der Waals surface area contributed by atoms with E-state index in [1.807, 2.05) is 0 Å². The molecule has 2 heterocycles. The summed E-state index contributed by atoms with van der Waals surface area (Å²) in [5.74, 6) is 0.940. The van der Waals surface area contributed by atoms with E-state index < -0.39 is 6.10 Å². The molecule has 1 aliphatic carbocycles. The Labute approximate surface area is 139 Å². The molecule has 122 valence electrons. The number of amides is 1. The van der Waals surface area contributed by atoms with Crippen LogP contribution in [0.4, 0.5) is 5.82 Å². The van der Waals surface area contributed by atoms with E-state index in [1.165, 1.54) is 6.20 Å². The molecule has 1 aliphatic rings. The topological polar surface area (TPSA) is 75.4 Å². The maximum absolute atomic E-state index is 12.4. The van der Waals surface area contributed by atoms with Crippen molar-refractivity contribution in [3.8, 4) is 0 Å². The summed E-state index contributed by atoms with van der Waals surface area (Å²) in [6.07, 6.45) is 2.21. The molecule has 1 unspecified atom stereocenters. The van der Waals surface area contributed by atoms with Gasteiger partial charge in [-0.05, 0) is 30.9 Å². The molecule has 1 amide bonds. The highest BCUT2D eigenvalue weighted by Gasteiger charge is 2.37. The number of fused-ring (bicyclic) bond motifs is 1. The first kappa shape index (κ1) is 16.0. The quantitative estimate of drug-likeness (QED) is 0.873. The van der Waals surface area contributed by atoms with Crippen LogP contribution in [-0.2, 0) is 6.42 Å². The number of nitrogens with one attached hydrogen (secondary N) is 1. The molecule has 23 heavy (non-hydrogen) atoms. The molecule has 6 heteroatoms. The van der Waals surface area contributed by atoms with E-state index in [2.05, 4.69) is 24.1 Å². The number of aliphatic hydroxyl groups excluding tert-OH is 1. The number of aliphatic hydroxyl groups is 1. The number of hydrogen-bond donors (Lipinski definition) is 2. The average molecular weight is 335 g/mol. The summed E-state index contributed by atoms with van der Waals surface area (Å²) in [6, 6.07) is 3.27. The number of nitrogens with zero attached hydrogens (tertiary/aromatic N) is 1. The van der Waals surface area contributed by atoms with Crippen LogP contribution >= 0.6 is 11.6 Å². The molecule has 5 nitrogen and oxygen atoms in total. The normalized spacial score (nSPS) is 19.3. The predicted octanol–water partition coefficient (Wildman–Crippen LogP) is 3.89. The van der Waals surface area contributed by atoms with Crippen LogP contribution < -0.4 is 5.32 Å². The third-order valence-corrected chi connectivity index (χ3v) is 4.39. The molecule has 0 saturated carbocycles. The number of carbonyl (C=O) groups excluding carboxylic acids is 1. The number of anilines is 1. The van der Waals surface area contributed by atoms with Gasteiger partial charge in [0.2, 0.25) is 0 Å². The summed E-state index contributed by atoms with van der Waals surface area (Å²) >= 11 is 5.78. The second kappa shape index (κ2) is 5.65. The van der Waals surface area contributed by atoms with Crippen LogP contribution in [0.2, 0.25) is 5.02 Å². The fraction of sp³-hybridized carbons (Fsp3) is 0.412. The lowest BCUT2D eigenvalue weighted by Gasteiger charge is -2.31. The SMILES string of the molecule is Cc1c(C(=O)Nc2ccc(Cl)cn2)oc2c1C(O)CC(C)(C)C2. The van der Waals surface area contributed by atoms with Crippen molar-refractivity contribution < 1.29 is 14.3 Å². The van der Waals surface area contributed by atoms with Gasteiger partial charge in [0.1, 0.15) is 11.6 Å². The van der Waals surface area contributed by atoms with Gasteiger partial charge in [-0.25, -0.2) is 4.98 Å². The first-order chi connectivity index (χ1) is 10.8. The van der Waals surface area contributed by atoms with Crippen molar-refractivity contribution in [3.63, 3.8) is 0 Å². The Morgan fingerprint density at radius 3 is 2.87 bits per heavy atom. The molecule has 0 fully saturated rings. The molecule has 2 aromatic heterocycles. The molecule has 0 spiro atoms. The van der Waals surface area contributed by atoms with Gasteiger partial charge in [-0.15, -0.1) is 0 Å². The third-order valence-electron chi connectivity index (χ3n) is 4.16. The zero-order valence-corrected chi connectivity index (χ0v) is 14.1. The largest absolute Gasteiger partial charge is 0.455 e. The highest BCUT2D eigenvalue weighted by molar-refractivity contribution is 6.30. The summed E-state index contributed by atoms with van der Waals surface area (Å²) in [5, 5.41) is 13.6. The van der Waals surface area contributed by atoms with Crippen molar-refractivity contribution in [2.45, 2.75) is 39.7 Å². The molecule has 1 atom stereocenters. The van der Waals surface area contributed by atoms with E-state index >= 15 is 0 Å². The van der Waals surface area contributed by atoms with E-state index in [0.29, 0.717) is 35.0 Å². The second-order valence-corrected chi connectivity index (χ2v) is 7.21. The van der Waals surface area contributed by atoms with Crippen molar-refractivity contribution in [3.05, 3.63) is 46.0 Å². The zero-order chi connectivity index (χ0) is 16.8. The predicted molar refractivity (Wildman–Crippen MR) is 87.7 cm³/mol. The third kappa shape index (κ3) is 3.12. The van der Waals surface area contributed by atoms with Gasteiger partial charge in [-0.2, -0.15) is 0 Å². The van der Waals surface area contributed by atoms with Crippen LogP contribution in [-0.4, -0.2) is 16.0 Å². The van der Waals surface area contributed by atoms with Crippen LogP contribution in [0.1, 0.15) is 53.8 Å². The number of hydrogen-bond acceptors (Lipinski definition) is 4. The van der Waals surface area contributed by atoms with E-state index in [4.69, 9.17) is 16.0 Å². The van der Waals surface area contributed by atoms with Gasteiger partial charge in [0.05, 0.1) is 11.1 Å².